The van der Waals surface area contributed by atoms with Crippen LogP contribution in [0.4, 0.5) is 0 Å². The predicted octanol–water partition coefficient (Wildman–Crippen LogP) is 2.22. The SMILES string of the molecule is Cc1cc(-c2nnnn2C(CC(=O)O)C(C)C)c(C)o1. The smallest absolute Gasteiger partial charge is 0.305 e. The molecule has 0 fully saturated rings. The van der Waals surface area contributed by atoms with Crippen molar-refractivity contribution in [1.82, 2.24) is 20.2 Å². The van der Waals surface area contributed by atoms with E-state index in [9.17, 15) is 4.79 Å². The number of aromatic nitrogens is 4. The van der Waals surface area contributed by atoms with Gasteiger partial charge in [0.15, 0.2) is 5.82 Å². The fraction of sp³-hybridized carbons (Fsp3) is 0.538. The molecule has 20 heavy (non-hydrogen) atoms. The second kappa shape index (κ2) is 5.44. The van der Waals surface area contributed by atoms with Crippen molar-refractivity contribution >= 4 is 5.97 Å². The van der Waals surface area contributed by atoms with Crippen molar-refractivity contribution in [3.63, 3.8) is 0 Å². The summed E-state index contributed by atoms with van der Waals surface area (Å²) in [6, 6.07) is 1.56. The number of tetrazole rings is 1. The van der Waals surface area contributed by atoms with Crippen molar-refractivity contribution in [1.29, 1.82) is 0 Å². The molecular weight excluding hydrogens is 260 g/mol. The molecule has 0 aliphatic heterocycles. The van der Waals surface area contributed by atoms with Crippen LogP contribution in [0.25, 0.3) is 11.4 Å². The lowest BCUT2D eigenvalue weighted by molar-refractivity contribution is -0.138. The number of hydrogen-bond donors (Lipinski definition) is 1. The third kappa shape index (κ3) is 2.71. The number of carboxylic acid groups (broad SMARTS) is 1. The van der Waals surface area contributed by atoms with Gasteiger partial charge in [-0.1, -0.05) is 13.8 Å². The van der Waals surface area contributed by atoms with Crippen molar-refractivity contribution in [3.8, 4) is 11.4 Å². The molecule has 0 amide bonds. The highest BCUT2D eigenvalue weighted by molar-refractivity contribution is 5.67. The van der Waals surface area contributed by atoms with Gasteiger partial charge in [-0.05, 0) is 36.3 Å². The van der Waals surface area contributed by atoms with Crippen LogP contribution in [-0.2, 0) is 4.79 Å². The summed E-state index contributed by atoms with van der Waals surface area (Å²) in [5, 5.41) is 20.7. The van der Waals surface area contributed by atoms with Gasteiger partial charge < -0.3 is 9.52 Å². The molecule has 2 heterocycles. The topological polar surface area (TPSA) is 94.0 Å². The number of carbonyl (C=O) groups is 1. The molecule has 1 N–H and O–H groups in total. The summed E-state index contributed by atoms with van der Waals surface area (Å²) in [4.78, 5) is 11.0. The molecule has 0 aliphatic rings. The molecule has 1 unspecified atom stereocenters. The predicted molar refractivity (Wildman–Crippen MR) is 71.1 cm³/mol. The standard InChI is InChI=1S/C13H18N4O3/c1-7(2)11(6-12(18)19)17-13(14-15-16-17)10-5-8(3)20-9(10)4/h5,7,11H,6H2,1-4H3,(H,18,19). The Balaban J connectivity index is 2.45. The van der Waals surface area contributed by atoms with E-state index in [-0.39, 0.29) is 18.4 Å². The molecule has 108 valence electrons. The molecule has 7 nitrogen and oxygen atoms in total. The summed E-state index contributed by atoms with van der Waals surface area (Å²) in [7, 11) is 0. The van der Waals surface area contributed by atoms with Crippen molar-refractivity contribution in [3.05, 3.63) is 17.6 Å². The molecule has 2 rings (SSSR count). The van der Waals surface area contributed by atoms with E-state index in [2.05, 4.69) is 15.5 Å². The fourth-order valence-electron chi connectivity index (χ4n) is 2.23. The Morgan fingerprint density at radius 2 is 2.15 bits per heavy atom. The first kappa shape index (κ1) is 14.2. The normalized spacial score (nSPS) is 12.8. The zero-order chi connectivity index (χ0) is 14.9. The van der Waals surface area contributed by atoms with Gasteiger partial charge in [0.05, 0.1) is 18.0 Å². The third-order valence-corrected chi connectivity index (χ3v) is 3.24. The number of nitrogens with zero attached hydrogens (tertiary/aromatic N) is 4. The van der Waals surface area contributed by atoms with E-state index in [0.29, 0.717) is 5.82 Å². The minimum Gasteiger partial charge on any atom is -0.481 e. The lowest BCUT2D eigenvalue weighted by Gasteiger charge is -2.19. The first-order valence-corrected chi connectivity index (χ1v) is 6.47. The zero-order valence-electron chi connectivity index (χ0n) is 12.0. The van der Waals surface area contributed by atoms with Crippen LogP contribution in [0.15, 0.2) is 10.5 Å². The largest absolute Gasteiger partial charge is 0.481 e. The molecule has 7 heteroatoms. The summed E-state index contributed by atoms with van der Waals surface area (Å²) >= 11 is 0. The van der Waals surface area contributed by atoms with Crippen LogP contribution >= 0.6 is 0 Å². The number of rotatable bonds is 5. The number of hydrogen-bond acceptors (Lipinski definition) is 5. The number of carboxylic acids is 1. The maximum absolute atomic E-state index is 11.0. The molecule has 1 atom stereocenters. The molecule has 0 saturated heterocycles. The Morgan fingerprint density at radius 3 is 2.65 bits per heavy atom. The van der Waals surface area contributed by atoms with Gasteiger partial charge in [0.25, 0.3) is 0 Å². The van der Waals surface area contributed by atoms with Crippen molar-refractivity contribution in [2.24, 2.45) is 5.92 Å². The monoisotopic (exact) mass is 278 g/mol. The van der Waals surface area contributed by atoms with Gasteiger partial charge in [-0.2, -0.15) is 0 Å². The van der Waals surface area contributed by atoms with Crippen LogP contribution in [-0.4, -0.2) is 31.3 Å². The van der Waals surface area contributed by atoms with E-state index in [0.717, 1.165) is 17.1 Å². The summed E-state index contributed by atoms with van der Waals surface area (Å²) < 4.78 is 7.07. The van der Waals surface area contributed by atoms with Gasteiger partial charge in [0.2, 0.25) is 0 Å². The Kier molecular flexibility index (Phi) is 3.87. The highest BCUT2D eigenvalue weighted by atomic mass is 16.4. The van der Waals surface area contributed by atoms with Gasteiger partial charge in [0, 0.05) is 0 Å². The van der Waals surface area contributed by atoms with Crippen LogP contribution in [0.3, 0.4) is 0 Å². The number of furan rings is 1. The second-order valence-electron chi connectivity index (χ2n) is 5.18. The first-order valence-electron chi connectivity index (χ1n) is 6.47. The van der Waals surface area contributed by atoms with E-state index in [4.69, 9.17) is 9.52 Å². The Morgan fingerprint density at radius 1 is 1.45 bits per heavy atom. The van der Waals surface area contributed by atoms with Crippen molar-refractivity contribution < 1.29 is 14.3 Å². The summed E-state index contributed by atoms with van der Waals surface area (Å²) in [5.74, 6) is 1.26. The first-order chi connectivity index (χ1) is 9.40. The maximum Gasteiger partial charge on any atom is 0.305 e. The molecule has 0 bridgehead atoms. The van der Waals surface area contributed by atoms with Crippen LogP contribution < -0.4 is 0 Å². The molecule has 2 aromatic rings. The maximum atomic E-state index is 11.0. The summed E-state index contributed by atoms with van der Waals surface area (Å²) in [6.07, 6.45) is -0.0222. The van der Waals surface area contributed by atoms with Gasteiger partial charge in [0.1, 0.15) is 11.5 Å². The molecule has 0 saturated carbocycles. The minimum atomic E-state index is -0.870. The lowest BCUT2D eigenvalue weighted by atomic mass is 10.0. The third-order valence-electron chi connectivity index (χ3n) is 3.24. The Bertz CT molecular complexity index is 615. The van der Waals surface area contributed by atoms with Crippen LogP contribution in [0, 0.1) is 19.8 Å². The van der Waals surface area contributed by atoms with E-state index >= 15 is 0 Å². The Hall–Kier alpha value is -2.18. The van der Waals surface area contributed by atoms with Crippen molar-refractivity contribution in [2.75, 3.05) is 0 Å². The van der Waals surface area contributed by atoms with E-state index < -0.39 is 5.97 Å². The van der Waals surface area contributed by atoms with Crippen molar-refractivity contribution in [2.45, 2.75) is 40.2 Å². The number of aryl methyl sites for hydroxylation is 2. The van der Waals surface area contributed by atoms with Gasteiger partial charge in [-0.3, -0.25) is 4.79 Å². The molecule has 0 aromatic carbocycles. The highest BCUT2D eigenvalue weighted by Crippen LogP contribution is 2.29. The highest BCUT2D eigenvalue weighted by Gasteiger charge is 2.25. The molecule has 2 aromatic heterocycles. The number of aliphatic carboxylic acids is 1. The Labute approximate surface area is 116 Å². The minimum absolute atomic E-state index is 0.0222. The van der Waals surface area contributed by atoms with Gasteiger partial charge in [-0.25, -0.2) is 4.68 Å². The average Bonchev–Trinajstić information content (AvgIpc) is 2.91. The zero-order valence-corrected chi connectivity index (χ0v) is 12.0. The summed E-state index contributed by atoms with van der Waals surface area (Å²) in [5.41, 5.74) is 0.795. The average molecular weight is 278 g/mol. The molecule has 0 radical (unpaired) electrons. The lowest BCUT2D eigenvalue weighted by Crippen LogP contribution is -2.21. The quantitative estimate of drug-likeness (QED) is 0.901. The van der Waals surface area contributed by atoms with Gasteiger partial charge in [-0.15, -0.1) is 5.10 Å². The van der Waals surface area contributed by atoms with E-state index in [1.807, 2.05) is 33.8 Å². The second-order valence-corrected chi connectivity index (χ2v) is 5.18. The van der Waals surface area contributed by atoms with Crippen LogP contribution in [0.2, 0.25) is 0 Å². The molecular formula is C13H18N4O3. The fourth-order valence-corrected chi connectivity index (χ4v) is 2.23. The van der Waals surface area contributed by atoms with E-state index in [1.165, 1.54) is 0 Å². The van der Waals surface area contributed by atoms with E-state index in [1.54, 1.807) is 4.68 Å². The molecule has 0 spiro atoms. The van der Waals surface area contributed by atoms with Crippen LogP contribution in [0.1, 0.15) is 37.8 Å². The van der Waals surface area contributed by atoms with Gasteiger partial charge >= 0.3 is 5.97 Å². The molecule has 0 aliphatic carbocycles. The summed E-state index contributed by atoms with van der Waals surface area (Å²) in [6.45, 7) is 7.59. The van der Waals surface area contributed by atoms with Crippen LogP contribution in [0.5, 0.6) is 0 Å².